The molecule has 5 aliphatic heterocycles. The van der Waals surface area contributed by atoms with Crippen molar-refractivity contribution in [2.24, 2.45) is 0 Å². The van der Waals surface area contributed by atoms with Crippen LogP contribution in [0, 0.1) is 12.7 Å². The van der Waals surface area contributed by atoms with Crippen LogP contribution >= 0.6 is 63.4 Å². The van der Waals surface area contributed by atoms with E-state index in [1.165, 1.54) is 25.6 Å². The molecular formula is C104H132Cl3FN24O8P4. The lowest BCUT2D eigenvalue weighted by Crippen LogP contribution is -2.52. The summed E-state index contributed by atoms with van der Waals surface area (Å²) < 4.78 is 88.8. The van der Waals surface area contributed by atoms with E-state index in [9.17, 15) is 22.7 Å². The van der Waals surface area contributed by atoms with Crippen LogP contribution in [0.15, 0.2) is 183 Å². The smallest absolute Gasteiger partial charge is 0.229 e. The zero-order chi connectivity index (χ0) is 102. The first-order valence-corrected chi connectivity index (χ1v) is 59.9. The highest BCUT2D eigenvalue weighted by atomic mass is 35.5. The topological polar surface area (TPSA) is 331 Å². The second-order valence-corrected chi connectivity index (χ2v) is 52.6. The van der Waals surface area contributed by atoms with Gasteiger partial charge in [0.05, 0.1) is 79.3 Å². The van der Waals surface area contributed by atoms with E-state index in [1.807, 2.05) is 104 Å². The third-order valence-electron chi connectivity index (χ3n) is 26.1. The highest BCUT2D eigenvalue weighted by Crippen LogP contribution is 2.48. The number of anilines is 17. The van der Waals surface area contributed by atoms with E-state index in [1.54, 1.807) is 98.1 Å². The van der Waals surface area contributed by atoms with E-state index in [-0.39, 0.29) is 28.2 Å². The van der Waals surface area contributed by atoms with Crippen molar-refractivity contribution in [3.05, 3.63) is 226 Å². The van der Waals surface area contributed by atoms with Crippen molar-refractivity contribution in [2.45, 2.75) is 63.5 Å². The lowest BCUT2D eigenvalue weighted by molar-refractivity contribution is 0.0982. The first-order valence-electron chi connectivity index (χ1n) is 48.4. The zero-order valence-corrected chi connectivity index (χ0v) is 90.6. The standard InChI is InChI=1S/C29H38ClFN7O2P.C27H35N6O2P.C24H30ClN6O2P.C24H29ClN5O2P/c1-36-14-16-38(17-15-36)20-10-12-37(13-11-20)21-8-9-24(26(18-21)40-2)34-29-32-19-22(30)28(35-29)33-25-7-5-6-23(31)27(25)41(3,4)39;1-32-13-15-33(16-14-32)20-11-12-22(24(17-20)35-2)30-27-28-18-21(19-9-10-19)26(31-27)29-23-7-5-6-8-25(23)36(3,4)34;1-30-10-12-31(13-11-30)18-8-7-17(21(15-18)33-2)14-22-27-16-19(25)23(29-22)28-20-6-5-9-26-24(20)34(3,4)32;1-16-13-17(32-18-11-12-30(2)15-18)9-10-20(16)28-24-26-14-19(25)23(29-24)27-21-7-5-6-8-22(21)33(3,4)31/h5-9,18-20H,10-17H2,1-4H3,(H2,32,33,34,35);5-8,11-12,17-19H,9-10,13-16H2,1-4H3,(H2,28,29,30,31);5-9,15-16H,10-14H2,1-4H3,(H,27,28,29);5-10,13-14,18H,11-12,15H2,1-4H3,(H2,26,27,28,29). The monoisotopic (exact) mass is 2090 g/mol. The van der Waals surface area contributed by atoms with Crippen molar-refractivity contribution in [2.75, 3.05) is 259 Å². The molecule has 5 aromatic heterocycles. The minimum atomic E-state index is -2.92. The summed E-state index contributed by atoms with van der Waals surface area (Å²) in [5.41, 5.74) is 11.9. The molecule has 0 spiro atoms. The van der Waals surface area contributed by atoms with Gasteiger partial charge in [-0.05, 0) is 229 Å². The molecule has 10 heterocycles. The minimum Gasteiger partial charge on any atom is -0.496 e. The molecule has 12 aromatic rings. The van der Waals surface area contributed by atoms with E-state index in [0.717, 1.165) is 221 Å². The summed E-state index contributed by atoms with van der Waals surface area (Å²) in [7, 11) is 3.17. The van der Waals surface area contributed by atoms with E-state index < -0.39 is 34.4 Å². The fourth-order valence-electron chi connectivity index (χ4n) is 18.0. The summed E-state index contributed by atoms with van der Waals surface area (Å²) in [5.74, 6) is 6.68. The van der Waals surface area contributed by atoms with Gasteiger partial charge in [0.25, 0.3) is 0 Å². The number of likely N-dealkylation sites (N-methyl/N-ethyl adjacent to an activating group) is 4. The summed E-state index contributed by atoms with van der Waals surface area (Å²) in [4.78, 5) is 59.7. The Hall–Kier alpha value is -11.3. The van der Waals surface area contributed by atoms with Gasteiger partial charge in [-0.3, -0.25) is 9.88 Å². The Bertz CT molecular complexity index is 6690. The number of aromatic nitrogens is 9. The lowest BCUT2D eigenvalue weighted by Gasteiger charge is -2.42. The van der Waals surface area contributed by atoms with Gasteiger partial charge in [-0.1, -0.05) is 71.2 Å². The maximum absolute atomic E-state index is 14.6. The molecule has 1 saturated carbocycles. The first-order chi connectivity index (χ1) is 68.9. The Balaban J connectivity index is 0.000000145. The van der Waals surface area contributed by atoms with Gasteiger partial charge in [0.1, 0.15) is 95.6 Å². The fourth-order valence-corrected chi connectivity index (χ4v) is 23.0. The minimum absolute atomic E-state index is 0.119. The van der Waals surface area contributed by atoms with Crippen molar-refractivity contribution >= 4 is 183 Å². The Morgan fingerprint density at radius 2 is 0.847 bits per heavy atom. The van der Waals surface area contributed by atoms with Gasteiger partial charge >= 0.3 is 0 Å². The molecule has 6 fully saturated rings. The Morgan fingerprint density at radius 1 is 0.396 bits per heavy atom. The quantitative estimate of drug-likeness (QED) is 0.0206. The molecule has 5 saturated heterocycles. The normalized spacial score (nSPS) is 16.4. The molecule has 1 atom stereocenters. The number of ether oxygens (including phenoxy) is 4. The molecule has 32 nitrogen and oxygen atoms in total. The van der Waals surface area contributed by atoms with Crippen LogP contribution in [-0.2, 0) is 24.7 Å². The summed E-state index contributed by atoms with van der Waals surface area (Å²) in [6, 6.07) is 48.5. The van der Waals surface area contributed by atoms with Gasteiger partial charge in [-0.15, -0.1) is 0 Å². The summed E-state index contributed by atoms with van der Waals surface area (Å²) in [5, 5.41) is 25.4. The van der Waals surface area contributed by atoms with Crippen LogP contribution in [0.25, 0.3) is 0 Å². The fraction of sp³-hybridized carbons (Fsp3) is 0.394. The van der Waals surface area contributed by atoms with Crippen LogP contribution in [0.1, 0.15) is 60.5 Å². The highest BCUT2D eigenvalue weighted by molar-refractivity contribution is 7.71. The third-order valence-corrected chi connectivity index (χ3v) is 33.0. The van der Waals surface area contributed by atoms with Crippen LogP contribution in [0.3, 0.4) is 0 Å². The molecule has 0 bridgehead atoms. The van der Waals surface area contributed by atoms with E-state index in [4.69, 9.17) is 58.7 Å². The molecular weight excluding hydrogens is 1960 g/mol. The number of pyridine rings is 1. The molecule has 144 heavy (non-hydrogen) atoms. The van der Waals surface area contributed by atoms with E-state index in [2.05, 4.69) is 181 Å². The van der Waals surface area contributed by atoms with Crippen LogP contribution in [0.4, 0.5) is 102 Å². The maximum atomic E-state index is 14.6. The molecule has 1 aliphatic carbocycles. The van der Waals surface area contributed by atoms with Crippen LogP contribution in [-0.4, -0.2) is 289 Å². The summed E-state index contributed by atoms with van der Waals surface area (Å²) in [6.07, 6.45) is 14.4. The third kappa shape index (κ3) is 28.5. The number of hydrogen-bond acceptors (Lipinski definition) is 32. The molecule has 0 radical (unpaired) electrons. The number of methoxy groups -OCH3 is 3. The predicted molar refractivity (Wildman–Crippen MR) is 591 cm³/mol. The number of halogens is 4. The van der Waals surface area contributed by atoms with Crippen molar-refractivity contribution in [1.82, 2.24) is 69.4 Å². The van der Waals surface area contributed by atoms with Crippen LogP contribution in [0.2, 0.25) is 15.1 Å². The maximum Gasteiger partial charge on any atom is 0.229 e. The number of nitrogens with one attached hydrogen (secondary N) is 7. The van der Waals surface area contributed by atoms with Gasteiger partial charge < -0.3 is 109 Å². The van der Waals surface area contributed by atoms with Gasteiger partial charge in [0.15, 0.2) is 17.5 Å². The average molecular weight is 2100 g/mol. The summed E-state index contributed by atoms with van der Waals surface area (Å²) >= 11 is 19.1. The number of rotatable bonds is 30. The van der Waals surface area contributed by atoms with Crippen LogP contribution < -0.4 is 92.2 Å². The second kappa shape index (κ2) is 47.9. The molecule has 40 heteroatoms. The van der Waals surface area contributed by atoms with Crippen molar-refractivity contribution < 1.29 is 41.6 Å². The Morgan fingerprint density at radius 3 is 1.35 bits per heavy atom. The average Bonchev–Trinajstić information content (AvgIpc) is 1.31. The molecule has 1 unspecified atom stereocenters. The van der Waals surface area contributed by atoms with Crippen LogP contribution in [0.5, 0.6) is 23.0 Å². The van der Waals surface area contributed by atoms with E-state index >= 15 is 0 Å². The molecule has 0 amide bonds. The SMILES string of the molecule is COc1cc(N2CCC(N3CCN(C)CC3)CC2)ccc1Nc1ncc(Cl)c(Nc2cccc(F)c2P(C)(C)=O)n1.COc1cc(N2CCN(C)CC2)ccc1Cc1ncc(Cl)c(Nc2cccnc2P(C)(C)=O)n1.COc1cc(N2CCN(C)CC2)ccc1Nc1ncc(C2CC2)c(Nc2ccccc2P(C)(C)=O)n1.Cc1cc(OC2CCN(C)C2)ccc1Nc1ncc(Cl)c(Nc2ccccc2P(C)(C)=O)n1. The molecule has 18 rings (SSSR count). The highest BCUT2D eigenvalue weighted by Gasteiger charge is 2.33. The number of nitrogens with zero attached hydrogens (tertiary/aromatic N) is 17. The van der Waals surface area contributed by atoms with Gasteiger partial charge in [0, 0.05) is 192 Å². The number of hydrogen-bond donors (Lipinski definition) is 7. The Kier molecular flexibility index (Phi) is 35.6. The first kappa shape index (κ1) is 107. The number of aryl methyl sites for hydroxylation is 1. The largest absolute Gasteiger partial charge is 0.496 e. The molecule has 6 aliphatic rings. The van der Waals surface area contributed by atoms with Crippen molar-refractivity contribution in [3.8, 4) is 23.0 Å². The number of piperidine rings is 1. The lowest BCUT2D eigenvalue weighted by atomic mass is 10.0. The Labute approximate surface area is 860 Å². The van der Waals surface area contributed by atoms with Gasteiger partial charge in [-0.2, -0.15) is 15.0 Å². The number of likely N-dealkylation sites (tertiary alicyclic amines) is 1. The van der Waals surface area contributed by atoms with Crippen molar-refractivity contribution in [1.29, 1.82) is 0 Å². The zero-order valence-electron chi connectivity index (χ0n) is 84.8. The predicted octanol–water partition coefficient (Wildman–Crippen LogP) is 19.2. The number of benzene rings is 7. The molecule has 764 valence electrons. The van der Waals surface area contributed by atoms with E-state index in [0.29, 0.717) is 91.7 Å². The summed E-state index contributed by atoms with van der Waals surface area (Å²) in [6.45, 7) is 32.3. The number of para-hydroxylation sites is 2. The number of piperazine rings is 3. The second-order valence-electron chi connectivity index (χ2n) is 38.7. The molecule has 7 N–H and O–H groups in total. The van der Waals surface area contributed by atoms with Crippen molar-refractivity contribution in [3.63, 3.8) is 0 Å². The molecule has 7 aromatic carbocycles. The van der Waals surface area contributed by atoms with Gasteiger partial charge in [0.2, 0.25) is 17.8 Å². The van der Waals surface area contributed by atoms with Gasteiger partial charge in [-0.25, -0.2) is 29.3 Å².